The van der Waals surface area contributed by atoms with Crippen molar-refractivity contribution in [2.75, 3.05) is 46.2 Å². The van der Waals surface area contributed by atoms with Gasteiger partial charge in [0.15, 0.2) is 0 Å². The highest BCUT2D eigenvalue weighted by Gasteiger charge is 2.44. The molecule has 4 amide bonds. The molecule has 15 nitrogen and oxygen atoms in total. The van der Waals surface area contributed by atoms with Gasteiger partial charge in [-0.3, -0.25) is 28.8 Å². The number of aliphatic carboxylic acids is 2. The minimum Gasteiger partial charge on any atom is -0.480 e. The number of halogens is 3. The highest BCUT2D eigenvalue weighted by Crippen LogP contribution is 2.33. The lowest BCUT2D eigenvalue weighted by Gasteiger charge is -2.20. The number of thioether (sulfide) groups is 1. The van der Waals surface area contributed by atoms with Crippen LogP contribution in [0.1, 0.15) is 25.7 Å². The number of hydrogen-bond donors (Lipinski definition) is 4. The highest BCUT2D eigenvalue weighted by atomic mass is 32.2. The number of nitrogens with one attached hydrogen (secondary N) is 2. The summed E-state index contributed by atoms with van der Waals surface area (Å²) in [5.74, 6) is -6.51. The second-order valence-corrected chi connectivity index (χ2v) is 9.99. The standard InChI is InChI=1S/C15H23N3O6S.C7H8F3NO5/c1-24-13(22)7-18(6-12(20)21)11(19)5-3-2-4-10-14-9(8-25-10)16-15(23)17-14;1-16-5(14)3-11(2-4(12)13)6(15)7(8,9)10/h9-10,14H,2-8H2,1H3,(H,20,21)(H2,16,17,23);2-3H2,1H3,(H,12,13). The van der Waals surface area contributed by atoms with Gasteiger partial charge in [-0.15, -0.1) is 0 Å². The van der Waals surface area contributed by atoms with Gasteiger partial charge in [0.2, 0.25) is 5.91 Å². The summed E-state index contributed by atoms with van der Waals surface area (Å²) in [6.07, 6.45) is -2.78. The number of carboxylic acid groups (broad SMARTS) is 2. The maximum atomic E-state index is 12.1. The van der Waals surface area contributed by atoms with Crippen LogP contribution in [0, 0.1) is 0 Å². The van der Waals surface area contributed by atoms with Gasteiger partial charge in [-0.25, -0.2) is 4.79 Å². The van der Waals surface area contributed by atoms with Gasteiger partial charge in [0.05, 0.1) is 26.3 Å². The molecule has 19 heteroatoms. The molecule has 0 bridgehead atoms. The lowest BCUT2D eigenvalue weighted by Crippen LogP contribution is -2.46. The zero-order chi connectivity index (χ0) is 31.3. The number of carboxylic acids is 2. The van der Waals surface area contributed by atoms with Gasteiger partial charge in [0.1, 0.15) is 26.2 Å². The number of methoxy groups -OCH3 is 2. The normalized spacial score (nSPS) is 19.0. The van der Waals surface area contributed by atoms with E-state index in [9.17, 15) is 46.7 Å². The molecule has 0 spiro atoms. The molecule has 2 heterocycles. The molecule has 3 atom stereocenters. The van der Waals surface area contributed by atoms with E-state index in [1.165, 1.54) is 7.11 Å². The number of ether oxygens (including phenoxy) is 2. The number of nitrogens with zero attached hydrogens (tertiary/aromatic N) is 2. The summed E-state index contributed by atoms with van der Waals surface area (Å²) < 4.78 is 44.4. The summed E-state index contributed by atoms with van der Waals surface area (Å²) in [4.78, 5) is 78.0. The fourth-order valence-electron chi connectivity index (χ4n) is 3.80. The van der Waals surface area contributed by atoms with Crippen molar-refractivity contribution in [2.45, 2.75) is 49.2 Å². The third-order valence-electron chi connectivity index (χ3n) is 5.70. The van der Waals surface area contributed by atoms with Crippen LogP contribution in [0.25, 0.3) is 0 Å². The zero-order valence-electron chi connectivity index (χ0n) is 22.1. The van der Waals surface area contributed by atoms with E-state index >= 15 is 0 Å². The first-order valence-electron chi connectivity index (χ1n) is 12.0. The van der Waals surface area contributed by atoms with Gasteiger partial charge in [-0.1, -0.05) is 6.42 Å². The van der Waals surface area contributed by atoms with Crippen molar-refractivity contribution < 1.29 is 66.4 Å². The van der Waals surface area contributed by atoms with Crippen LogP contribution in [0.2, 0.25) is 0 Å². The molecule has 0 radical (unpaired) electrons. The second-order valence-electron chi connectivity index (χ2n) is 8.72. The molecule has 0 saturated carbocycles. The van der Waals surface area contributed by atoms with E-state index in [2.05, 4.69) is 20.1 Å². The minimum absolute atomic E-state index is 0.123. The van der Waals surface area contributed by atoms with Crippen molar-refractivity contribution in [3.63, 3.8) is 0 Å². The fourth-order valence-corrected chi connectivity index (χ4v) is 5.34. The summed E-state index contributed by atoms with van der Waals surface area (Å²) >= 11 is 1.81. The Morgan fingerprint density at radius 1 is 0.902 bits per heavy atom. The van der Waals surface area contributed by atoms with E-state index in [1.54, 1.807) is 0 Å². The van der Waals surface area contributed by atoms with E-state index in [-0.39, 0.29) is 41.9 Å². The molecule has 0 aromatic rings. The number of fused-ring (bicyclic) bond motifs is 1. The number of rotatable bonds is 13. The summed E-state index contributed by atoms with van der Waals surface area (Å²) in [5, 5.41) is 23.2. The largest absolute Gasteiger partial charge is 0.480 e. The first-order chi connectivity index (χ1) is 19.1. The number of unbranched alkanes of at least 4 members (excludes halogenated alkanes) is 1. The van der Waals surface area contributed by atoms with Crippen LogP contribution in [0.15, 0.2) is 0 Å². The molecule has 41 heavy (non-hydrogen) atoms. The van der Waals surface area contributed by atoms with E-state index in [4.69, 9.17) is 10.2 Å². The van der Waals surface area contributed by atoms with Crippen molar-refractivity contribution >= 4 is 53.5 Å². The second kappa shape index (κ2) is 16.5. The average Bonchev–Trinajstić information content (AvgIpc) is 3.43. The SMILES string of the molecule is COC(=O)CN(CC(=O)O)C(=O)C(F)(F)F.COC(=O)CN(CC(=O)O)C(=O)CCCCC1SCC2NC(=O)NC21. The molecule has 3 unspecified atom stereocenters. The first-order valence-corrected chi connectivity index (χ1v) is 13.0. The van der Waals surface area contributed by atoms with Crippen LogP contribution in [-0.4, -0.2) is 131 Å². The Balaban J connectivity index is 0.000000456. The van der Waals surface area contributed by atoms with Crippen molar-refractivity contribution in [2.24, 2.45) is 0 Å². The highest BCUT2D eigenvalue weighted by molar-refractivity contribution is 8.00. The number of amides is 4. The van der Waals surface area contributed by atoms with Gasteiger partial charge < -0.3 is 40.1 Å². The number of hydrogen-bond acceptors (Lipinski definition) is 10. The molecule has 0 aliphatic carbocycles. The van der Waals surface area contributed by atoms with Gasteiger partial charge in [0.25, 0.3) is 0 Å². The molecule has 2 aliphatic heterocycles. The number of carbonyl (C=O) groups excluding carboxylic acids is 5. The quantitative estimate of drug-likeness (QED) is 0.117. The molecule has 232 valence electrons. The van der Waals surface area contributed by atoms with Crippen molar-refractivity contribution in [3.8, 4) is 0 Å². The Morgan fingerprint density at radius 3 is 1.95 bits per heavy atom. The molecule has 2 saturated heterocycles. The van der Waals surface area contributed by atoms with Gasteiger partial charge in [0, 0.05) is 17.4 Å². The minimum atomic E-state index is -5.23. The topological polar surface area (TPSA) is 209 Å². The van der Waals surface area contributed by atoms with Gasteiger partial charge in [-0.05, 0) is 12.8 Å². The number of carbonyl (C=O) groups is 7. The molecule has 2 rings (SSSR count). The molecule has 2 fully saturated rings. The summed E-state index contributed by atoms with van der Waals surface area (Å²) in [6.45, 7) is -3.18. The molecule has 2 aliphatic rings. The van der Waals surface area contributed by atoms with Crippen molar-refractivity contribution in [1.82, 2.24) is 20.4 Å². The summed E-state index contributed by atoms with van der Waals surface area (Å²) in [6, 6.07) is 0.189. The third-order valence-corrected chi connectivity index (χ3v) is 7.21. The Bertz CT molecular complexity index is 998. The van der Waals surface area contributed by atoms with Crippen LogP contribution in [0.3, 0.4) is 0 Å². The third kappa shape index (κ3) is 12.5. The summed E-state index contributed by atoms with van der Waals surface area (Å²) in [7, 11) is 2.09. The van der Waals surface area contributed by atoms with Crippen molar-refractivity contribution in [3.05, 3.63) is 0 Å². The van der Waals surface area contributed by atoms with E-state index in [0.717, 1.165) is 30.6 Å². The Labute approximate surface area is 236 Å². The molecule has 0 aromatic heterocycles. The lowest BCUT2D eigenvalue weighted by atomic mass is 10.0. The van der Waals surface area contributed by atoms with Crippen LogP contribution >= 0.6 is 11.8 Å². The van der Waals surface area contributed by atoms with Gasteiger partial charge in [-0.2, -0.15) is 24.9 Å². The van der Waals surface area contributed by atoms with E-state index < -0.39 is 55.6 Å². The van der Waals surface area contributed by atoms with E-state index in [1.807, 2.05) is 11.8 Å². The number of urea groups is 1. The Hall–Kier alpha value is -3.77. The monoisotopic (exact) mass is 616 g/mol. The predicted molar refractivity (Wildman–Crippen MR) is 132 cm³/mol. The lowest BCUT2D eigenvalue weighted by molar-refractivity contribution is -0.188. The average molecular weight is 617 g/mol. The molecular weight excluding hydrogens is 585 g/mol. The number of esters is 2. The van der Waals surface area contributed by atoms with Crippen LogP contribution in [0.5, 0.6) is 0 Å². The fraction of sp³-hybridized carbons (Fsp3) is 0.682. The van der Waals surface area contributed by atoms with Crippen LogP contribution in [0.4, 0.5) is 18.0 Å². The van der Waals surface area contributed by atoms with Crippen LogP contribution in [-0.2, 0) is 38.2 Å². The smallest absolute Gasteiger partial charge is 0.471 e. The Morgan fingerprint density at radius 2 is 1.44 bits per heavy atom. The first kappa shape index (κ1) is 35.3. The molecular formula is C22H31F3N4O11S. The van der Waals surface area contributed by atoms with E-state index in [0.29, 0.717) is 11.7 Å². The van der Waals surface area contributed by atoms with Gasteiger partial charge >= 0.3 is 42.0 Å². The zero-order valence-corrected chi connectivity index (χ0v) is 22.9. The maximum absolute atomic E-state index is 12.1. The number of alkyl halides is 3. The summed E-state index contributed by atoms with van der Waals surface area (Å²) in [5.41, 5.74) is 0. The Kier molecular flexibility index (Phi) is 14.2. The van der Waals surface area contributed by atoms with Crippen molar-refractivity contribution in [1.29, 1.82) is 0 Å². The maximum Gasteiger partial charge on any atom is 0.471 e. The predicted octanol–water partition coefficient (Wildman–Crippen LogP) is -0.567. The molecule has 4 N–H and O–H groups in total. The van der Waals surface area contributed by atoms with Crippen LogP contribution < -0.4 is 10.6 Å². The molecule has 0 aromatic carbocycles.